The number of ether oxygens (including phenoxy) is 1. The van der Waals surface area contributed by atoms with E-state index in [0.29, 0.717) is 29.5 Å². The smallest absolute Gasteiger partial charge is 0.225 e. The van der Waals surface area contributed by atoms with Gasteiger partial charge in [-0.1, -0.05) is 18.5 Å². The molecule has 0 bridgehead atoms. The third-order valence-electron chi connectivity index (χ3n) is 3.11. The number of thioether (sulfide) groups is 1. The fourth-order valence-electron chi connectivity index (χ4n) is 2.09. The van der Waals surface area contributed by atoms with Crippen LogP contribution in [0, 0.1) is 0 Å². The zero-order valence-electron chi connectivity index (χ0n) is 12.2. The number of halogens is 1. The van der Waals surface area contributed by atoms with Gasteiger partial charge in [0.05, 0.1) is 11.6 Å². The van der Waals surface area contributed by atoms with Crippen LogP contribution in [-0.2, 0) is 4.79 Å². The molecular formula is C15H21ClN2O2S. The molecule has 6 heteroatoms. The van der Waals surface area contributed by atoms with Crippen LogP contribution in [0.15, 0.2) is 18.2 Å². The van der Waals surface area contributed by atoms with Crippen molar-refractivity contribution in [2.45, 2.75) is 25.8 Å². The summed E-state index contributed by atoms with van der Waals surface area (Å²) in [6.45, 7) is 3.65. The van der Waals surface area contributed by atoms with Gasteiger partial charge in [0.2, 0.25) is 5.91 Å². The molecule has 2 N–H and O–H groups in total. The van der Waals surface area contributed by atoms with Crippen LogP contribution in [0.25, 0.3) is 0 Å². The number of rotatable bonds is 6. The Hall–Kier alpha value is -0.910. The number of carbonyl (C=O) groups is 1. The SMILES string of the molecule is CCCOc1ccc(NC(=O)CC2CSCCN2)cc1Cl. The first kappa shape index (κ1) is 16.5. The molecule has 1 aliphatic heterocycles. The number of anilines is 1. The van der Waals surface area contributed by atoms with Gasteiger partial charge in [0, 0.05) is 36.2 Å². The van der Waals surface area contributed by atoms with Crippen LogP contribution in [0.2, 0.25) is 5.02 Å². The molecule has 1 aromatic carbocycles. The van der Waals surface area contributed by atoms with Crippen molar-refractivity contribution in [1.82, 2.24) is 5.32 Å². The fourth-order valence-corrected chi connectivity index (χ4v) is 3.28. The van der Waals surface area contributed by atoms with Crippen molar-refractivity contribution in [3.05, 3.63) is 23.2 Å². The van der Waals surface area contributed by atoms with E-state index in [4.69, 9.17) is 16.3 Å². The molecule has 0 aromatic heterocycles. The predicted octanol–water partition coefficient (Wildman–Crippen LogP) is 3.16. The van der Waals surface area contributed by atoms with Gasteiger partial charge in [-0.3, -0.25) is 4.79 Å². The summed E-state index contributed by atoms with van der Waals surface area (Å²) in [5.74, 6) is 2.76. The highest BCUT2D eigenvalue weighted by atomic mass is 35.5. The number of carbonyl (C=O) groups excluding carboxylic acids is 1. The van der Waals surface area contributed by atoms with Crippen molar-refractivity contribution < 1.29 is 9.53 Å². The molecule has 0 spiro atoms. The lowest BCUT2D eigenvalue weighted by molar-refractivity contribution is -0.116. The average molecular weight is 329 g/mol. The molecule has 0 radical (unpaired) electrons. The highest BCUT2D eigenvalue weighted by Gasteiger charge is 2.17. The molecule has 1 amide bonds. The Bertz CT molecular complexity index is 479. The molecule has 0 saturated carbocycles. The number of hydrogen-bond acceptors (Lipinski definition) is 4. The zero-order valence-corrected chi connectivity index (χ0v) is 13.7. The Morgan fingerprint density at radius 2 is 2.43 bits per heavy atom. The highest BCUT2D eigenvalue weighted by molar-refractivity contribution is 7.99. The molecule has 1 aromatic rings. The summed E-state index contributed by atoms with van der Waals surface area (Å²) < 4.78 is 5.51. The Labute approximate surface area is 135 Å². The summed E-state index contributed by atoms with van der Waals surface area (Å²) in [4.78, 5) is 12.0. The standard InChI is InChI=1S/C15H21ClN2O2S/c1-2-6-20-14-4-3-11(8-13(14)16)18-15(19)9-12-10-21-7-5-17-12/h3-4,8,12,17H,2,5-7,9-10H2,1H3,(H,18,19). The summed E-state index contributed by atoms with van der Waals surface area (Å²) in [5.41, 5.74) is 0.706. The van der Waals surface area contributed by atoms with Gasteiger partial charge >= 0.3 is 0 Å². The van der Waals surface area contributed by atoms with Gasteiger partial charge in [0.1, 0.15) is 5.75 Å². The van der Waals surface area contributed by atoms with E-state index < -0.39 is 0 Å². The van der Waals surface area contributed by atoms with E-state index in [0.717, 1.165) is 24.5 Å². The van der Waals surface area contributed by atoms with Crippen LogP contribution in [0.4, 0.5) is 5.69 Å². The maximum Gasteiger partial charge on any atom is 0.225 e. The number of nitrogens with one attached hydrogen (secondary N) is 2. The molecule has 116 valence electrons. The number of benzene rings is 1. The molecule has 1 atom stereocenters. The molecule has 2 rings (SSSR count). The van der Waals surface area contributed by atoms with E-state index >= 15 is 0 Å². The largest absolute Gasteiger partial charge is 0.492 e. The Balaban J connectivity index is 1.86. The van der Waals surface area contributed by atoms with Crippen LogP contribution in [0.3, 0.4) is 0 Å². The van der Waals surface area contributed by atoms with Crippen molar-refractivity contribution >= 4 is 35.0 Å². The molecule has 4 nitrogen and oxygen atoms in total. The van der Waals surface area contributed by atoms with E-state index in [1.54, 1.807) is 12.1 Å². The van der Waals surface area contributed by atoms with Crippen molar-refractivity contribution in [3.63, 3.8) is 0 Å². The number of hydrogen-bond donors (Lipinski definition) is 2. The van der Waals surface area contributed by atoms with Gasteiger partial charge in [0.15, 0.2) is 0 Å². The van der Waals surface area contributed by atoms with Crippen molar-refractivity contribution in [2.24, 2.45) is 0 Å². The predicted molar refractivity (Wildman–Crippen MR) is 89.6 cm³/mol. The molecule has 1 aliphatic rings. The first-order valence-electron chi connectivity index (χ1n) is 7.22. The maximum absolute atomic E-state index is 12.0. The molecule has 1 fully saturated rings. The summed E-state index contributed by atoms with van der Waals surface area (Å²) in [6, 6.07) is 5.60. The van der Waals surface area contributed by atoms with Gasteiger partial charge in [0.25, 0.3) is 0 Å². The van der Waals surface area contributed by atoms with E-state index in [9.17, 15) is 4.79 Å². The lowest BCUT2D eigenvalue weighted by Gasteiger charge is -2.22. The third-order valence-corrected chi connectivity index (χ3v) is 4.53. The Kier molecular flexibility index (Phi) is 6.67. The van der Waals surface area contributed by atoms with Gasteiger partial charge in [-0.15, -0.1) is 0 Å². The lowest BCUT2D eigenvalue weighted by atomic mass is 10.2. The van der Waals surface area contributed by atoms with Crippen molar-refractivity contribution in [1.29, 1.82) is 0 Å². The second-order valence-electron chi connectivity index (χ2n) is 4.97. The Morgan fingerprint density at radius 3 is 3.10 bits per heavy atom. The molecule has 0 aliphatic carbocycles. The minimum atomic E-state index is 0.00768. The minimum Gasteiger partial charge on any atom is -0.492 e. The molecule has 21 heavy (non-hydrogen) atoms. The monoisotopic (exact) mass is 328 g/mol. The van der Waals surface area contributed by atoms with E-state index in [2.05, 4.69) is 10.6 Å². The van der Waals surface area contributed by atoms with Crippen LogP contribution in [-0.4, -0.2) is 36.6 Å². The Morgan fingerprint density at radius 1 is 1.57 bits per heavy atom. The lowest BCUT2D eigenvalue weighted by Crippen LogP contribution is -2.39. The molecule has 1 saturated heterocycles. The fraction of sp³-hybridized carbons (Fsp3) is 0.533. The van der Waals surface area contributed by atoms with Gasteiger partial charge < -0.3 is 15.4 Å². The van der Waals surface area contributed by atoms with Crippen molar-refractivity contribution in [3.8, 4) is 5.75 Å². The summed E-state index contributed by atoms with van der Waals surface area (Å²) in [6.07, 6.45) is 1.42. The summed E-state index contributed by atoms with van der Waals surface area (Å²) >= 11 is 8.03. The summed E-state index contributed by atoms with van der Waals surface area (Å²) in [5, 5.41) is 6.76. The second kappa shape index (κ2) is 8.51. The molecule has 1 unspecified atom stereocenters. The maximum atomic E-state index is 12.0. The first-order valence-corrected chi connectivity index (χ1v) is 8.75. The van der Waals surface area contributed by atoms with E-state index in [1.165, 1.54) is 0 Å². The highest BCUT2D eigenvalue weighted by Crippen LogP contribution is 2.28. The van der Waals surface area contributed by atoms with Gasteiger partial charge in [-0.2, -0.15) is 11.8 Å². The first-order chi connectivity index (χ1) is 10.2. The third kappa shape index (κ3) is 5.41. The number of amides is 1. The van der Waals surface area contributed by atoms with Crippen LogP contribution >= 0.6 is 23.4 Å². The van der Waals surface area contributed by atoms with E-state index in [1.807, 2.05) is 24.8 Å². The average Bonchev–Trinajstić information content (AvgIpc) is 2.47. The van der Waals surface area contributed by atoms with Crippen LogP contribution in [0.5, 0.6) is 5.75 Å². The topological polar surface area (TPSA) is 50.4 Å². The van der Waals surface area contributed by atoms with Crippen LogP contribution < -0.4 is 15.4 Å². The quantitative estimate of drug-likeness (QED) is 0.842. The summed E-state index contributed by atoms with van der Waals surface area (Å²) in [7, 11) is 0. The van der Waals surface area contributed by atoms with Crippen LogP contribution in [0.1, 0.15) is 19.8 Å². The zero-order chi connectivity index (χ0) is 15.1. The minimum absolute atomic E-state index is 0.00768. The van der Waals surface area contributed by atoms with Gasteiger partial charge in [-0.25, -0.2) is 0 Å². The molecule has 1 heterocycles. The normalized spacial score (nSPS) is 18.3. The van der Waals surface area contributed by atoms with Gasteiger partial charge in [-0.05, 0) is 24.6 Å². The second-order valence-corrected chi connectivity index (χ2v) is 6.53. The van der Waals surface area contributed by atoms with E-state index in [-0.39, 0.29) is 11.9 Å². The molecular weight excluding hydrogens is 308 g/mol. The van der Waals surface area contributed by atoms with Crippen molar-refractivity contribution in [2.75, 3.05) is 30.0 Å².